The third-order valence-electron chi connectivity index (χ3n) is 5.63. The Morgan fingerprint density at radius 1 is 1.14 bits per heavy atom. The van der Waals surface area contributed by atoms with E-state index in [4.69, 9.17) is 0 Å². The van der Waals surface area contributed by atoms with E-state index >= 15 is 0 Å². The number of likely N-dealkylation sites (tertiary alicyclic amines) is 1. The van der Waals surface area contributed by atoms with Gasteiger partial charge in [-0.3, -0.25) is 14.3 Å². The highest BCUT2D eigenvalue weighted by Gasteiger charge is 2.28. The Morgan fingerprint density at radius 2 is 1.97 bits per heavy atom. The van der Waals surface area contributed by atoms with Crippen LogP contribution < -0.4 is 0 Å². The molecule has 0 unspecified atom stereocenters. The number of amides is 1. The minimum atomic E-state index is -0.0249. The van der Waals surface area contributed by atoms with Gasteiger partial charge in [0, 0.05) is 49.7 Å². The number of nitrogens with one attached hydrogen (secondary N) is 1. The number of carbonyl (C=O) groups excluding carboxylic acids is 1. The molecule has 1 amide bonds. The molecule has 4 aromatic rings. The van der Waals surface area contributed by atoms with Gasteiger partial charge >= 0.3 is 0 Å². The Bertz CT molecular complexity index is 1090. The molecule has 1 fully saturated rings. The van der Waals surface area contributed by atoms with Crippen molar-refractivity contribution in [2.45, 2.75) is 25.2 Å². The highest BCUT2D eigenvalue weighted by Crippen LogP contribution is 2.30. The van der Waals surface area contributed by atoms with Gasteiger partial charge < -0.3 is 4.90 Å². The van der Waals surface area contributed by atoms with Gasteiger partial charge in [-0.25, -0.2) is 9.97 Å². The molecule has 0 atom stereocenters. The first-order chi connectivity index (χ1) is 14.3. The number of H-pyrrole nitrogens is 1. The van der Waals surface area contributed by atoms with Gasteiger partial charge in [0.2, 0.25) is 5.78 Å². The first kappa shape index (κ1) is 17.6. The van der Waals surface area contributed by atoms with E-state index < -0.39 is 0 Å². The Hall–Kier alpha value is -3.48. The number of nitrogens with zero attached hydrogens (tertiary/aromatic N) is 5. The third-order valence-corrected chi connectivity index (χ3v) is 5.63. The molecule has 4 heterocycles. The van der Waals surface area contributed by atoms with Crippen LogP contribution >= 0.6 is 0 Å². The van der Waals surface area contributed by atoms with Gasteiger partial charge in [0.05, 0.1) is 6.20 Å². The summed E-state index contributed by atoms with van der Waals surface area (Å²) in [4.78, 5) is 23.3. The molecular formula is C22H22N6O. The smallest absolute Gasteiger partial charge is 0.274 e. The quantitative estimate of drug-likeness (QED) is 0.585. The van der Waals surface area contributed by atoms with Crippen molar-refractivity contribution < 1.29 is 4.79 Å². The molecule has 5 rings (SSSR count). The number of benzene rings is 1. The normalized spacial score (nSPS) is 15.1. The Balaban J connectivity index is 1.26. The van der Waals surface area contributed by atoms with E-state index in [1.54, 1.807) is 16.8 Å². The minimum absolute atomic E-state index is 0.0249. The summed E-state index contributed by atoms with van der Waals surface area (Å²) in [6.07, 6.45) is 9.93. The number of fused-ring (bicyclic) bond motifs is 1. The summed E-state index contributed by atoms with van der Waals surface area (Å²) in [5, 5.41) is 7.51. The highest BCUT2D eigenvalue weighted by molar-refractivity contribution is 5.92. The molecule has 0 spiro atoms. The van der Waals surface area contributed by atoms with E-state index in [-0.39, 0.29) is 5.91 Å². The van der Waals surface area contributed by atoms with E-state index in [2.05, 4.69) is 44.4 Å². The van der Waals surface area contributed by atoms with Crippen molar-refractivity contribution in [1.82, 2.24) is 29.5 Å². The van der Waals surface area contributed by atoms with Gasteiger partial charge in [0.1, 0.15) is 5.69 Å². The highest BCUT2D eigenvalue weighted by atomic mass is 16.2. The van der Waals surface area contributed by atoms with Crippen LogP contribution in [-0.2, 0) is 6.42 Å². The van der Waals surface area contributed by atoms with E-state index in [1.807, 2.05) is 29.4 Å². The minimum Gasteiger partial charge on any atom is -0.337 e. The van der Waals surface area contributed by atoms with Gasteiger partial charge in [-0.1, -0.05) is 30.3 Å². The van der Waals surface area contributed by atoms with Crippen LogP contribution in [0.2, 0.25) is 0 Å². The lowest BCUT2D eigenvalue weighted by Crippen LogP contribution is -2.38. The summed E-state index contributed by atoms with van der Waals surface area (Å²) in [5.41, 5.74) is 4.18. The van der Waals surface area contributed by atoms with E-state index in [0.717, 1.165) is 19.3 Å². The zero-order valence-electron chi connectivity index (χ0n) is 16.0. The monoisotopic (exact) mass is 386 g/mol. The summed E-state index contributed by atoms with van der Waals surface area (Å²) in [6, 6.07) is 12.3. The molecule has 0 aliphatic carbocycles. The number of carbonyl (C=O) groups is 1. The third kappa shape index (κ3) is 3.51. The zero-order valence-corrected chi connectivity index (χ0v) is 16.0. The lowest BCUT2D eigenvalue weighted by Gasteiger charge is -2.31. The molecule has 7 nitrogen and oxygen atoms in total. The summed E-state index contributed by atoms with van der Waals surface area (Å²) in [6.45, 7) is 1.43. The number of piperidine rings is 1. The predicted octanol–water partition coefficient (Wildman–Crippen LogP) is 3.06. The molecule has 29 heavy (non-hydrogen) atoms. The van der Waals surface area contributed by atoms with Gasteiger partial charge in [-0.2, -0.15) is 5.10 Å². The molecular weight excluding hydrogens is 364 g/mol. The summed E-state index contributed by atoms with van der Waals surface area (Å²) >= 11 is 0. The first-order valence-corrected chi connectivity index (χ1v) is 9.93. The van der Waals surface area contributed by atoms with Crippen LogP contribution in [-0.4, -0.2) is 48.5 Å². The van der Waals surface area contributed by atoms with E-state index in [9.17, 15) is 4.79 Å². The number of rotatable bonds is 4. The van der Waals surface area contributed by atoms with Gasteiger partial charge in [0.15, 0.2) is 0 Å². The molecule has 0 radical (unpaired) electrons. The van der Waals surface area contributed by atoms with Crippen molar-refractivity contribution in [3.8, 4) is 0 Å². The van der Waals surface area contributed by atoms with Crippen LogP contribution in [0.3, 0.4) is 0 Å². The van der Waals surface area contributed by atoms with Crippen molar-refractivity contribution in [3.05, 3.63) is 83.7 Å². The zero-order chi connectivity index (χ0) is 19.6. The second-order valence-corrected chi connectivity index (χ2v) is 7.49. The predicted molar refractivity (Wildman–Crippen MR) is 109 cm³/mol. The molecule has 1 aliphatic heterocycles. The van der Waals surface area contributed by atoms with Crippen molar-refractivity contribution in [2.24, 2.45) is 0 Å². The largest absolute Gasteiger partial charge is 0.337 e. The second-order valence-electron chi connectivity index (χ2n) is 7.49. The maximum atomic E-state index is 12.9. The maximum Gasteiger partial charge on any atom is 0.274 e. The van der Waals surface area contributed by atoms with Gasteiger partial charge in [-0.05, 0) is 30.0 Å². The van der Waals surface area contributed by atoms with E-state index in [0.29, 0.717) is 30.5 Å². The summed E-state index contributed by atoms with van der Waals surface area (Å²) in [7, 11) is 0. The molecule has 0 saturated carbocycles. The van der Waals surface area contributed by atoms with E-state index in [1.165, 1.54) is 16.8 Å². The van der Waals surface area contributed by atoms with Crippen LogP contribution in [0.1, 0.15) is 46.1 Å². The second kappa shape index (κ2) is 7.50. The average molecular weight is 386 g/mol. The van der Waals surface area contributed by atoms with Crippen molar-refractivity contribution in [1.29, 1.82) is 0 Å². The summed E-state index contributed by atoms with van der Waals surface area (Å²) < 4.78 is 1.78. The fourth-order valence-electron chi connectivity index (χ4n) is 4.10. The number of aromatic amines is 1. The molecule has 3 aromatic heterocycles. The number of imidazole rings is 1. The van der Waals surface area contributed by atoms with Crippen LogP contribution in [0.15, 0.2) is 61.2 Å². The van der Waals surface area contributed by atoms with Crippen molar-refractivity contribution in [2.75, 3.05) is 13.1 Å². The maximum absolute atomic E-state index is 12.9. The molecule has 1 saturated heterocycles. The topological polar surface area (TPSA) is 79.2 Å². The first-order valence-electron chi connectivity index (χ1n) is 9.93. The van der Waals surface area contributed by atoms with Crippen LogP contribution in [0.25, 0.3) is 5.78 Å². The lowest BCUT2D eigenvalue weighted by atomic mass is 9.89. The standard InChI is InChI=1S/C22H22N6O/c29-21(19-15-28-10-4-9-23-22(28)25-19)27-11-7-17(8-12-27)20-18(14-24-26-20)13-16-5-2-1-3-6-16/h1-6,9-10,14-15,17H,7-8,11-13H2,(H,24,26). The van der Waals surface area contributed by atoms with Crippen LogP contribution in [0.4, 0.5) is 0 Å². The van der Waals surface area contributed by atoms with Crippen molar-refractivity contribution in [3.63, 3.8) is 0 Å². The Labute approximate surface area is 168 Å². The van der Waals surface area contributed by atoms with Gasteiger partial charge in [0.25, 0.3) is 5.91 Å². The molecule has 1 N–H and O–H groups in total. The van der Waals surface area contributed by atoms with Crippen LogP contribution in [0, 0.1) is 0 Å². The number of hydrogen-bond donors (Lipinski definition) is 1. The average Bonchev–Trinajstić information content (AvgIpc) is 3.41. The fraction of sp³-hybridized carbons (Fsp3) is 0.273. The SMILES string of the molecule is O=C(c1cn2cccnc2n1)N1CCC(c2[nH]ncc2Cc2ccccc2)CC1. The molecule has 146 valence electrons. The van der Waals surface area contributed by atoms with Crippen molar-refractivity contribution >= 4 is 11.7 Å². The lowest BCUT2D eigenvalue weighted by molar-refractivity contribution is 0.0706. The molecule has 7 heteroatoms. The number of hydrogen-bond acceptors (Lipinski definition) is 4. The fourth-order valence-corrected chi connectivity index (χ4v) is 4.10. The Kier molecular flexibility index (Phi) is 4.56. The summed E-state index contributed by atoms with van der Waals surface area (Å²) in [5.74, 6) is 0.916. The molecule has 0 bridgehead atoms. The van der Waals surface area contributed by atoms with Crippen LogP contribution in [0.5, 0.6) is 0 Å². The van der Waals surface area contributed by atoms with Gasteiger partial charge in [-0.15, -0.1) is 0 Å². The molecule has 1 aliphatic rings. The number of aromatic nitrogens is 5. The molecule has 1 aromatic carbocycles. The Morgan fingerprint density at radius 3 is 2.76 bits per heavy atom.